The average Bonchev–Trinajstić information content (AvgIpc) is 3.23. The minimum absolute atomic E-state index is 0.0895. The first kappa shape index (κ1) is 26.6. The van der Waals surface area contributed by atoms with E-state index in [1.807, 2.05) is 36.3 Å². The Morgan fingerprint density at radius 2 is 1.89 bits per heavy atom. The van der Waals surface area contributed by atoms with Crippen LogP contribution in [0.5, 0.6) is 11.5 Å². The molecule has 0 saturated heterocycles. The average molecular weight is 504 g/mol. The van der Waals surface area contributed by atoms with Crippen molar-refractivity contribution in [2.45, 2.75) is 33.2 Å². The number of carbonyl (C=O) groups excluding carboxylic acids is 2. The number of hydrogen-bond acceptors (Lipinski definition) is 9. The topological polar surface area (TPSA) is 98.7 Å². The second kappa shape index (κ2) is 12.1. The number of esters is 1. The standard InChI is InChI=1S/C25H33N3O6S/c1-15(2)13-26-21(29)12-18-14-35-25-27-16(3)22(24(30)34-10-9-31-4)23(28(18)25)17-7-8-19(32-5)20(11-17)33-6/h7-8,11,14-15,23H,9-10,12-13H2,1-6H3,(H,26,29). The molecule has 1 amide bonds. The predicted molar refractivity (Wildman–Crippen MR) is 135 cm³/mol. The highest BCUT2D eigenvalue weighted by Gasteiger charge is 2.41. The normalized spacial score (nSPS) is 17.1. The molecule has 10 heteroatoms. The van der Waals surface area contributed by atoms with E-state index in [4.69, 9.17) is 18.9 Å². The number of amides is 1. The van der Waals surface area contributed by atoms with Crippen LogP contribution in [0.2, 0.25) is 0 Å². The number of fused-ring (bicyclic) bond motifs is 1. The number of thioether (sulfide) groups is 1. The molecule has 35 heavy (non-hydrogen) atoms. The lowest BCUT2D eigenvalue weighted by Gasteiger charge is -2.36. The van der Waals surface area contributed by atoms with Crippen molar-refractivity contribution >= 4 is 28.8 Å². The Bertz CT molecular complexity index is 1050. The van der Waals surface area contributed by atoms with E-state index in [9.17, 15) is 9.59 Å². The Labute approximate surface area is 210 Å². The molecule has 0 fully saturated rings. The first-order valence-electron chi connectivity index (χ1n) is 11.4. The van der Waals surface area contributed by atoms with Gasteiger partial charge in [-0.05, 0) is 35.9 Å². The Balaban J connectivity index is 2.01. The van der Waals surface area contributed by atoms with Gasteiger partial charge in [0.2, 0.25) is 5.91 Å². The SMILES string of the molecule is COCCOC(=O)C1=C(C)N=C2SC=C(CC(=O)NCC(C)C)N2C1c1ccc(OC)c(OC)c1. The van der Waals surface area contributed by atoms with Gasteiger partial charge in [0.1, 0.15) is 6.61 Å². The van der Waals surface area contributed by atoms with Crippen LogP contribution >= 0.6 is 11.8 Å². The summed E-state index contributed by atoms with van der Waals surface area (Å²) >= 11 is 1.43. The van der Waals surface area contributed by atoms with Gasteiger partial charge < -0.3 is 29.2 Å². The zero-order valence-corrected chi connectivity index (χ0v) is 21.9. The highest BCUT2D eigenvalue weighted by atomic mass is 32.2. The molecule has 1 aromatic rings. The largest absolute Gasteiger partial charge is 0.493 e. The number of rotatable bonds is 11. The molecule has 0 saturated carbocycles. The molecule has 1 N–H and O–H groups in total. The number of nitrogens with zero attached hydrogens (tertiary/aromatic N) is 2. The van der Waals surface area contributed by atoms with Crippen LogP contribution in [0.1, 0.15) is 38.8 Å². The molecule has 2 heterocycles. The van der Waals surface area contributed by atoms with E-state index in [0.717, 1.165) is 11.3 Å². The molecular formula is C25H33N3O6S. The number of benzene rings is 1. The van der Waals surface area contributed by atoms with E-state index in [0.29, 0.717) is 40.4 Å². The maximum Gasteiger partial charge on any atom is 0.338 e. The molecule has 0 aliphatic carbocycles. The molecule has 3 rings (SSSR count). The monoisotopic (exact) mass is 503 g/mol. The first-order valence-corrected chi connectivity index (χ1v) is 12.3. The van der Waals surface area contributed by atoms with Crippen LogP contribution in [-0.4, -0.2) is 63.0 Å². The van der Waals surface area contributed by atoms with Gasteiger partial charge in [0.05, 0.1) is 44.6 Å². The molecule has 0 aromatic heterocycles. The maximum absolute atomic E-state index is 13.2. The third-order valence-corrected chi connectivity index (χ3v) is 6.40. The number of amidine groups is 1. The third kappa shape index (κ3) is 6.18. The van der Waals surface area contributed by atoms with E-state index < -0.39 is 12.0 Å². The lowest BCUT2D eigenvalue weighted by atomic mass is 9.93. The number of nitrogens with one attached hydrogen (secondary N) is 1. The molecule has 1 aromatic carbocycles. The Hall–Kier alpha value is -2.98. The zero-order chi connectivity index (χ0) is 25.5. The minimum atomic E-state index is -0.559. The first-order chi connectivity index (χ1) is 16.8. The quantitative estimate of drug-likeness (QED) is 0.361. The van der Waals surface area contributed by atoms with Gasteiger partial charge in [-0.1, -0.05) is 31.7 Å². The van der Waals surface area contributed by atoms with E-state index in [2.05, 4.69) is 10.3 Å². The summed E-state index contributed by atoms with van der Waals surface area (Å²) in [5.74, 6) is 0.879. The number of hydrogen-bond donors (Lipinski definition) is 1. The predicted octanol–water partition coefficient (Wildman–Crippen LogP) is 3.63. The van der Waals surface area contributed by atoms with Gasteiger partial charge in [-0.3, -0.25) is 4.79 Å². The van der Waals surface area contributed by atoms with Gasteiger partial charge in [-0.15, -0.1) is 0 Å². The summed E-state index contributed by atoms with van der Waals surface area (Å²) in [6.45, 7) is 6.88. The molecule has 0 radical (unpaired) electrons. The van der Waals surface area contributed by atoms with Gasteiger partial charge in [-0.2, -0.15) is 0 Å². The number of carbonyl (C=O) groups is 2. The van der Waals surface area contributed by atoms with Crippen molar-refractivity contribution in [2.75, 3.05) is 41.1 Å². The van der Waals surface area contributed by atoms with Crippen molar-refractivity contribution in [3.63, 3.8) is 0 Å². The fraction of sp³-hybridized carbons (Fsp3) is 0.480. The Morgan fingerprint density at radius 1 is 1.14 bits per heavy atom. The molecule has 0 spiro atoms. The van der Waals surface area contributed by atoms with Crippen molar-refractivity contribution in [3.05, 3.63) is 46.1 Å². The molecule has 1 atom stereocenters. The van der Waals surface area contributed by atoms with Crippen LogP contribution < -0.4 is 14.8 Å². The molecule has 9 nitrogen and oxygen atoms in total. The molecule has 2 aliphatic heterocycles. The van der Waals surface area contributed by atoms with E-state index >= 15 is 0 Å². The third-order valence-electron chi connectivity index (χ3n) is 5.51. The van der Waals surface area contributed by atoms with Crippen LogP contribution in [0.15, 0.2) is 45.6 Å². The fourth-order valence-corrected chi connectivity index (χ4v) is 4.77. The lowest BCUT2D eigenvalue weighted by Crippen LogP contribution is -2.38. The number of aliphatic imine (C=N–C) groups is 1. The van der Waals surface area contributed by atoms with Crippen molar-refractivity contribution in [1.82, 2.24) is 10.2 Å². The lowest BCUT2D eigenvalue weighted by molar-refractivity contribution is -0.141. The van der Waals surface area contributed by atoms with Crippen molar-refractivity contribution in [1.29, 1.82) is 0 Å². The summed E-state index contributed by atoms with van der Waals surface area (Å²) in [6, 6.07) is 4.95. The van der Waals surface area contributed by atoms with Crippen LogP contribution in [0, 0.1) is 5.92 Å². The molecule has 1 unspecified atom stereocenters. The second-order valence-corrected chi connectivity index (χ2v) is 9.35. The maximum atomic E-state index is 13.2. The van der Waals surface area contributed by atoms with Gasteiger partial charge in [0.25, 0.3) is 0 Å². The zero-order valence-electron chi connectivity index (χ0n) is 21.0. The molecule has 190 valence electrons. The number of methoxy groups -OCH3 is 3. The van der Waals surface area contributed by atoms with Gasteiger partial charge >= 0.3 is 5.97 Å². The summed E-state index contributed by atoms with van der Waals surface area (Å²) in [5.41, 5.74) is 2.49. The van der Waals surface area contributed by atoms with Crippen LogP contribution in [0.25, 0.3) is 0 Å². The van der Waals surface area contributed by atoms with E-state index in [1.165, 1.54) is 11.8 Å². The van der Waals surface area contributed by atoms with Gasteiger partial charge in [0.15, 0.2) is 16.7 Å². The van der Waals surface area contributed by atoms with Crippen molar-refractivity contribution < 1.29 is 28.5 Å². The van der Waals surface area contributed by atoms with Crippen LogP contribution in [-0.2, 0) is 19.1 Å². The molecule has 0 bridgehead atoms. The summed E-state index contributed by atoms with van der Waals surface area (Å²) in [5, 5.41) is 5.57. The Kier molecular flexibility index (Phi) is 9.22. The van der Waals surface area contributed by atoms with Gasteiger partial charge in [0, 0.05) is 19.4 Å². The fourth-order valence-electron chi connectivity index (χ4n) is 3.81. The summed E-state index contributed by atoms with van der Waals surface area (Å²) in [6.07, 6.45) is 0.160. The highest BCUT2D eigenvalue weighted by Crippen LogP contribution is 2.46. The number of ether oxygens (including phenoxy) is 4. The molecular weight excluding hydrogens is 470 g/mol. The summed E-state index contributed by atoms with van der Waals surface area (Å²) in [4.78, 5) is 32.5. The van der Waals surface area contributed by atoms with Gasteiger partial charge in [-0.25, -0.2) is 9.79 Å². The van der Waals surface area contributed by atoms with Crippen molar-refractivity contribution in [2.24, 2.45) is 10.9 Å². The minimum Gasteiger partial charge on any atom is -0.493 e. The summed E-state index contributed by atoms with van der Waals surface area (Å²) in [7, 11) is 4.68. The van der Waals surface area contributed by atoms with E-state index in [1.54, 1.807) is 34.3 Å². The van der Waals surface area contributed by atoms with Crippen molar-refractivity contribution in [3.8, 4) is 11.5 Å². The second-order valence-electron chi connectivity index (χ2n) is 8.51. The molecule has 2 aliphatic rings. The highest BCUT2D eigenvalue weighted by molar-refractivity contribution is 8.16. The van der Waals surface area contributed by atoms with Crippen LogP contribution in [0.3, 0.4) is 0 Å². The Morgan fingerprint density at radius 3 is 2.54 bits per heavy atom. The summed E-state index contributed by atoms with van der Waals surface area (Å²) < 4.78 is 21.4. The van der Waals surface area contributed by atoms with E-state index in [-0.39, 0.29) is 25.5 Å². The smallest absolute Gasteiger partial charge is 0.338 e. The number of allylic oxidation sites excluding steroid dienone is 1. The van der Waals surface area contributed by atoms with Crippen LogP contribution in [0.4, 0.5) is 0 Å².